The van der Waals surface area contributed by atoms with E-state index in [9.17, 15) is 5.26 Å². The van der Waals surface area contributed by atoms with E-state index in [0.29, 0.717) is 12.2 Å². The van der Waals surface area contributed by atoms with Crippen molar-refractivity contribution >= 4 is 23.2 Å². The van der Waals surface area contributed by atoms with Crippen molar-refractivity contribution in [2.24, 2.45) is 7.05 Å². The van der Waals surface area contributed by atoms with Gasteiger partial charge in [0.2, 0.25) is 0 Å². The maximum Gasteiger partial charge on any atom is 0.124 e. The van der Waals surface area contributed by atoms with Gasteiger partial charge in [0.1, 0.15) is 6.10 Å². The molecule has 0 aliphatic heterocycles. The SMILES string of the molecule is Cl.Cn1cncc1C(OCc1ccccc1)c1ccc(C#N)c(-c2ccc3ccccc3c2)c1. The van der Waals surface area contributed by atoms with E-state index in [1.54, 1.807) is 6.33 Å². The third kappa shape index (κ3) is 4.72. The molecular weight excluding hydrogens is 442 g/mol. The van der Waals surface area contributed by atoms with Crippen molar-refractivity contribution < 1.29 is 4.74 Å². The summed E-state index contributed by atoms with van der Waals surface area (Å²) in [4.78, 5) is 4.30. The van der Waals surface area contributed by atoms with Crippen LogP contribution in [0.25, 0.3) is 21.9 Å². The van der Waals surface area contributed by atoms with Gasteiger partial charge in [0.25, 0.3) is 0 Å². The average molecular weight is 466 g/mol. The fourth-order valence-electron chi connectivity index (χ4n) is 4.14. The van der Waals surface area contributed by atoms with Crippen LogP contribution in [0.15, 0.2) is 104 Å². The Kier molecular flexibility index (Phi) is 7.08. The molecule has 0 fully saturated rings. The molecule has 1 unspecified atom stereocenters. The van der Waals surface area contributed by atoms with Crippen molar-refractivity contribution in [2.75, 3.05) is 0 Å². The lowest BCUT2D eigenvalue weighted by Crippen LogP contribution is -2.11. The molecule has 0 aliphatic rings. The highest BCUT2D eigenvalue weighted by Gasteiger charge is 2.20. The summed E-state index contributed by atoms with van der Waals surface area (Å²) in [5.41, 5.74) is 5.60. The van der Waals surface area contributed by atoms with Crippen molar-refractivity contribution in [3.8, 4) is 17.2 Å². The van der Waals surface area contributed by atoms with E-state index in [4.69, 9.17) is 4.74 Å². The van der Waals surface area contributed by atoms with Crippen LogP contribution in [0.2, 0.25) is 0 Å². The summed E-state index contributed by atoms with van der Waals surface area (Å²) in [5.74, 6) is 0. The first-order chi connectivity index (χ1) is 16.2. The van der Waals surface area contributed by atoms with Crippen LogP contribution in [-0.4, -0.2) is 9.55 Å². The van der Waals surface area contributed by atoms with E-state index in [-0.39, 0.29) is 18.5 Å². The summed E-state index contributed by atoms with van der Waals surface area (Å²) in [6.07, 6.45) is 3.30. The van der Waals surface area contributed by atoms with E-state index < -0.39 is 0 Å². The van der Waals surface area contributed by atoms with Gasteiger partial charge in [-0.15, -0.1) is 12.4 Å². The molecule has 5 rings (SSSR count). The summed E-state index contributed by atoms with van der Waals surface area (Å²) in [5, 5.41) is 12.1. The molecule has 4 nitrogen and oxygen atoms in total. The van der Waals surface area contributed by atoms with Crippen LogP contribution < -0.4 is 0 Å². The number of aromatic nitrogens is 2. The molecule has 5 aromatic rings. The summed E-state index contributed by atoms with van der Waals surface area (Å²) in [6.45, 7) is 0.474. The van der Waals surface area contributed by atoms with Gasteiger partial charge in [-0.2, -0.15) is 5.26 Å². The maximum absolute atomic E-state index is 9.81. The molecule has 0 bridgehead atoms. The first-order valence-electron chi connectivity index (χ1n) is 10.9. The third-order valence-electron chi connectivity index (χ3n) is 5.91. The normalized spacial score (nSPS) is 11.5. The lowest BCUT2D eigenvalue weighted by molar-refractivity contribution is 0.0622. The summed E-state index contributed by atoms with van der Waals surface area (Å²) < 4.78 is 8.41. The second-order valence-corrected chi connectivity index (χ2v) is 8.08. The quantitative estimate of drug-likeness (QED) is 0.276. The highest BCUT2D eigenvalue weighted by Crippen LogP contribution is 2.33. The van der Waals surface area contributed by atoms with E-state index in [2.05, 4.69) is 59.6 Å². The highest BCUT2D eigenvalue weighted by molar-refractivity contribution is 5.88. The Morgan fingerprint density at radius 2 is 1.68 bits per heavy atom. The largest absolute Gasteiger partial charge is 0.363 e. The highest BCUT2D eigenvalue weighted by atomic mass is 35.5. The molecule has 0 radical (unpaired) electrons. The first-order valence-corrected chi connectivity index (χ1v) is 10.9. The van der Waals surface area contributed by atoms with Gasteiger partial charge >= 0.3 is 0 Å². The van der Waals surface area contributed by atoms with E-state index in [1.807, 2.05) is 60.3 Å². The smallest absolute Gasteiger partial charge is 0.124 e. The third-order valence-corrected chi connectivity index (χ3v) is 5.91. The van der Waals surface area contributed by atoms with Gasteiger partial charge in [0.15, 0.2) is 0 Å². The van der Waals surface area contributed by atoms with Crippen molar-refractivity contribution in [3.63, 3.8) is 0 Å². The minimum atomic E-state index is -0.315. The number of benzene rings is 4. The number of imidazole rings is 1. The zero-order valence-electron chi connectivity index (χ0n) is 18.8. The number of rotatable bonds is 6. The molecule has 0 saturated heterocycles. The van der Waals surface area contributed by atoms with Gasteiger partial charge in [-0.05, 0) is 51.2 Å². The molecule has 0 N–H and O–H groups in total. The average Bonchev–Trinajstić information content (AvgIpc) is 3.30. The summed E-state index contributed by atoms with van der Waals surface area (Å²) in [7, 11) is 1.97. The van der Waals surface area contributed by atoms with Crippen LogP contribution in [0.4, 0.5) is 0 Å². The zero-order valence-corrected chi connectivity index (χ0v) is 19.6. The van der Waals surface area contributed by atoms with Gasteiger partial charge < -0.3 is 9.30 Å². The van der Waals surface area contributed by atoms with Gasteiger partial charge in [-0.3, -0.25) is 0 Å². The van der Waals surface area contributed by atoms with Crippen LogP contribution in [0.1, 0.15) is 28.5 Å². The fourth-order valence-corrected chi connectivity index (χ4v) is 4.14. The van der Waals surface area contributed by atoms with Crippen molar-refractivity contribution in [3.05, 3.63) is 126 Å². The topological polar surface area (TPSA) is 50.8 Å². The number of hydrogen-bond acceptors (Lipinski definition) is 3. The van der Waals surface area contributed by atoms with Gasteiger partial charge in [0, 0.05) is 7.05 Å². The van der Waals surface area contributed by atoms with Crippen molar-refractivity contribution in [2.45, 2.75) is 12.7 Å². The van der Waals surface area contributed by atoms with Gasteiger partial charge in [0.05, 0.1) is 36.5 Å². The number of nitrogens with zero attached hydrogens (tertiary/aromatic N) is 3. The summed E-state index contributed by atoms with van der Waals surface area (Å²) >= 11 is 0. The number of nitriles is 1. The molecule has 1 atom stereocenters. The van der Waals surface area contributed by atoms with Crippen LogP contribution >= 0.6 is 12.4 Å². The zero-order chi connectivity index (χ0) is 22.6. The molecule has 1 aromatic heterocycles. The molecule has 1 heterocycles. The second kappa shape index (κ2) is 10.4. The maximum atomic E-state index is 9.81. The molecule has 0 aliphatic carbocycles. The molecule has 34 heavy (non-hydrogen) atoms. The van der Waals surface area contributed by atoms with E-state index in [1.165, 1.54) is 5.39 Å². The molecule has 0 spiro atoms. The molecule has 4 aromatic carbocycles. The fraction of sp³-hybridized carbons (Fsp3) is 0.103. The number of hydrogen-bond donors (Lipinski definition) is 0. The van der Waals surface area contributed by atoms with Crippen LogP contribution in [0.3, 0.4) is 0 Å². The number of fused-ring (bicyclic) bond motifs is 1. The minimum absolute atomic E-state index is 0. The Morgan fingerprint density at radius 1 is 0.912 bits per heavy atom. The second-order valence-electron chi connectivity index (χ2n) is 8.08. The number of aryl methyl sites for hydroxylation is 1. The first kappa shape index (κ1) is 23.3. The Labute approximate surface area is 205 Å². The Bertz CT molecular complexity index is 1450. The van der Waals surface area contributed by atoms with Gasteiger partial charge in [-0.1, -0.05) is 72.8 Å². The predicted octanol–water partition coefficient (Wildman–Crippen LogP) is 6.84. The standard InChI is InChI=1S/C29H23N3O.ClH/c1-32-20-31-18-28(32)29(33-19-21-7-3-2-4-8-21)25-13-14-26(17-30)27(16-25)24-12-11-22-9-5-6-10-23(22)15-24;/h2-16,18,20,29H,19H2,1H3;1H. The monoisotopic (exact) mass is 465 g/mol. The molecule has 5 heteroatoms. The van der Waals surface area contributed by atoms with Crippen LogP contribution in [0.5, 0.6) is 0 Å². The Morgan fingerprint density at radius 3 is 2.41 bits per heavy atom. The van der Waals surface area contributed by atoms with Crippen LogP contribution in [0, 0.1) is 11.3 Å². The minimum Gasteiger partial charge on any atom is -0.363 e. The Balaban J connectivity index is 0.00000274. The molecule has 168 valence electrons. The molecule has 0 amide bonds. The van der Waals surface area contributed by atoms with E-state index in [0.717, 1.165) is 33.3 Å². The number of ether oxygens (including phenoxy) is 1. The lowest BCUT2D eigenvalue weighted by atomic mass is 9.93. The van der Waals surface area contributed by atoms with Crippen molar-refractivity contribution in [1.82, 2.24) is 9.55 Å². The Hall–Kier alpha value is -3.91. The predicted molar refractivity (Wildman–Crippen MR) is 138 cm³/mol. The van der Waals surface area contributed by atoms with Crippen LogP contribution in [-0.2, 0) is 18.4 Å². The number of halogens is 1. The van der Waals surface area contributed by atoms with E-state index >= 15 is 0 Å². The van der Waals surface area contributed by atoms with Gasteiger partial charge in [-0.25, -0.2) is 4.98 Å². The molecular formula is C29H24ClN3O. The molecule has 0 saturated carbocycles. The lowest BCUT2D eigenvalue weighted by Gasteiger charge is -2.20. The van der Waals surface area contributed by atoms with Crippen molar-refractivity contribution in [1.29, 1.82) is 5.26 Å². The summed E-state index contributed by atoms with van der Waals surface area (Å²) in [6, 6.07) is 33.0.